The van der Waals surface area contributed by atoms with Gasteiger partial charge >= 0.3 is 0 Å². The summed E-state index contributed by atoms with van der Waals surface area (Å²) >= 11 is 0. The van der Waals surface area contributed by atoms with Crippen LogP contribution in [0.5, 0.6) is 0 Å². The van der Waals surface area contributed by atoms with E-state index in [4.69, 9.17) is 14.2 Å². The summed E-state index contributed by atoms with van der Waals surface area (Å²) < 4.78 is 18.1. The molecule has 0 aliphatic carbocycles. The molecule has 2 aliphatic rings. The largest absolute Gasteiger partial charge is 0.370 e. The number of epoxide rings is 2. The lowest BCUT2D eigenvalue weighted by atomic mass is 9.99. The fourth-order valence-electron chi connectivity index (χ4n) is 4.64. The van der Waals surface area contributed by atoms with E-state index in [2.05, 4.69) is 62.4 Å². The highest BCUT2D eigenvalue weighted by Gasteiger charge is 2.42. The Morgan fingerprint density at radius 1 is 0.636 bits per heavy atom. The minimum absolute atomic E-state index is 0.0398. The van der Waals surface area contributed by atoms with Crippen LogP contribution in [0, 0.1) is 0 Å². The number of hydrogen-bond donors (Lipinski definition) is 0. The molecule has 2 heterocycles. The Labute approximate surface area is 200 Å². The molecule has 180 valence electrons. The van der Waals surface area contributed by atoms with Gasteiger partial charge < -0.3 is 14.2 Å². The van der Waals surface area contributed by atoms with Gasteiger partial charge in [0.05, 0.1) is 13.2 Å². The summed E-state index contributed by atoms with van der Waals surface area (Å²) in [6.45, 7) is 6.08. The summed E-state index contributed by atoms with van der Waals surface area (Å²) in [5.41, 5.74) is 5.27. The molecule has 3 heteroatoms. The van der Waals surface area contributed by atoms with Crippen LogP contribution in [-0.2, 0) is 27.1 Å². The van der Waals surface area contributed by atoms with Crippen LogP contribution >= 0.6 is 0 Å². The predicted octanol–water partition coefficient (Wildman–Crippen LogP) is 7.53. The van der Waals surface area contributed by atoms with Crippen molar-refractivity contribution in [1.29, 1.82) is 0 Å². The van der Waals surface area contributed by atoms with Gasteiger partial charge in [-0.1, -0.05) is 101 Å². The smallest absolute Gasteiger partial charge is 0.112 e. The Bertz CT molecular complexity index is 736. The molecular formula is C30H42O3. The average molecular weight is 451 g/mol. The average Bonchev–Trinajstić information content (AvgIpc) is 3.76. The zero-order valence-electron chi connectivity index (χ0n) is 20.6. The fraction of sp³-hybridized carbons (Fsp3) is 0.600. The molecule has 0 radical (unpaired) electrons. The van der Waals surface area contributed by atoms with Crippen molar-refractivity contribution in [2.24, 2.45) is 0 Å². The van der Waals surface area contributed by atoms with E-state index in [9.17, 15) is 0 Å². The maximum atomic E-state index is 6.73. The number of ether oxygens (including phenoxy) is 3. The van der Waals surface area contributed by atoms with E-state index in [-0.39, 0.29) is 24.4 Å². The number of hydrogen-bond acceptors (Lipinski definition) is 3. The van der Waals surface area contributed by atoms with Gasteiger partial charge in [0.1, 0.15) is 24.4 Å². The molecule has 2 aromatic carbocycles. The van der Waals surface area contributed by atoms with Crippen molar-refractivity contribution < 1.29 is 14.2 Å². The maximum absolute atomic E-state index is 6.73. The van der Waals surface area contributed by atoms with Crippen molar-refractivity contribution in [2.45, 2.75) is 102 Å². The number of aryl methyl sites for hydroxylation is 2. The summed E-state index contributed by atoms with van der Waals surface area (Å²) in [5, 5.41) is 0. The first-order chi connectivity index (χ1) is 16.3. The van der Waals surface area contributed by atoms with Crippen LogP contribution < -0.4 is 0 Å². The molecule has 33 heavy (non-hydrogen) atoms. The predicted molar refractivity (Wildman–Crippen MR) is 135 cm³/mol. The van der Waals surface area contributed by atoms with Gasteiger partial charge in [0.2, 0.25) is 0 Å². The van der Waals surface area contributed by atoms with Crippen molar-refractivity contribution in [2.75, 3.05) is 13.2 Å². The molecule has 0 bridgehead atoms. The Balaban J connectivity index is 1.37. The summed E-state index contributed by atoms with van der Waals surface area (Å²) in [4.78, 5) is 0. The maximum Gasteiger partial charge on any atom is 0.112 e. The molecule has 0 spiro atoms. The van der Waals surface area contributed by atoms with Gasteiger partial charge in [-0.05, 0) is 47.9 Å². The molecule has 4 rings (SSSR count). The molecule has 4 atom stereocenters. The first kappa shape index (κ1) is 24.4. The van der Waals surface area contributed by atoms with Crippen molar-refractivity contribution in [3.8, 4) is 0 Å². The van der Waals surface area contributed by atoms with Crippen molar-refractivity contribution in [3.05, 3.63) is 70.8 Å². The highest BCUT2D eigenvalue weighted by molar-refractivity contribution is 5.28. The Morgan fingerprint density at radius 2 is 1.03 bits per heavy atom. The number of benzene rings is 2. The normalized spacial score (nSPS) is 21.0. The number of unbranched alkanes of at least 4 members (excludes halogenated alkanes) is 6. The van der Waals surface area contributed by atoms with Gasteiger partial charge in [-0.3, -0.25) is 0 Å². The topological polar surface area (TPSA) is 34.3 Å². The molecule has 2 fully saturated rings. The highest BCUT2D eigenvalue weighted by Crippen LogP contribution is 2.40. The molecular weight excluding hydrogens is 408 g/mol. The molecule has 4 unspecified atom stereocenters. The summed E-state index contributed by atoms with van der Waals surface area (Å²) in [7, 11) is 0. The van der Waals surface area contributed by atoms with Crippen molar-refractivity contribution in [3.63, 3.8) is 0 Å². The first-order valence-electron chi connectivity index (χ1n) is 13.3. The zero-order chi connectivity index (χ0) is 22.9. The molecule has 2 aliphatic heterocycles. The van der Waals surface area contributed by atoms with Gasteiger partial charge in [0.15, 0.2) is 0 Å². The second-order valence-electron chi connectivity index (χ2n) is 9.83. The van der Waals surface area contributed by atoms with Gasteiger partial charge in [-0.15, -0.1) is 0 Å². The quantitative estimate of drug-likeness (QED) is 0.196. The van der Waals surface area contributed by atoms with Crippen LogP contribution in [-0.4, -0.2) is 25.4 Å². The Morgan fingerprint density at radius 3 is 1.36 bits per heavy atom. The lowest BCUT2D eigenvalue weighted by Gasteiger charge is -2.24. The molecule has 2 aromatic rings. The Kier molecular flexibility index (Phi) is 9.40. The third-order valence-corrected chi connectivity index (χ3v) is 6.94. The molecule has 3 nitrogen and oxygen atoms in total. The van der Waals surface area contributed by atoms with Crippen molar-refractivity contribution >= 4 is 0 Å². The van der Waals surface area contributed by atoms with Crippen LogP contribution in [0.3, 0.4) is 0 Å². The van der Waals surface area contributed by atoms with Crippen LogP contribution in [0.2, 0.25) is 0 Å². The van der Waals surface area contributed by atoms with Gasteiger partial charge in [0, 0.05) is 0 Å². The highest BCUT2D eigenvalue weighted by atomic mass is 16.6. The minimum atomic E-state index is -0.0398. The Hall–Kier alpha value is -1.68. The molecule has 0 amide bonds. The van der Waals surface area contributed by atoms with Crippen LogP contribution in [0.25, 0.3) is 0 Å². The second kappa shape index (κ2) is 12.7. The van der Waals surface area contributed by atoms with E-state index in [0.29, 0.717) is 0 Å². The zero-order valence-corrected chi connectivity index (χ0v) is 20.6. The standard InChI is InChI=1S/C30H42O3/c1-3-5-7-9-11-23-13-17-25(18-14-23)29(27-21-31-27)33-30(28-22-32-28)26-19-15-24(16-20-26)12-10-8-6-4-2/h13-20,27-30H,3-12,21-22H2,1-2H3. The third kappa shape index (κ3) is 7.67. The van der Waals surface area contributed by atoms with Gasteiger partial charge in [0.25, 0.3) is 0 Å². The molecule has 0 aromatic heterocycles. The van der Waals surface area contributed by atoms with E-state index < -0.39 is 0 Å². The van der Waals surface area contributed by atoms with Crippen LogP contribution in [0.4, 0.5) is 0 Å². The molecule has 0 saturated carbocycles. The van der Waals surface area contributed by atoms with E-state index >= 15 is 0 Å². The van der Waals surface area contributed by atoms with Crippen molar-refractivity contribution in [1.82, 2.24) is 0 Å². The minimum Gasteiger partial charge on any atom is -0.370 e. The fourth-order valence-corrected chi connectivity index (χ4v) is 4.64. The van der Waals surface area contributed by atoms with E-state index in [1.165, 1.54) is 73.6 Å². The van der Waals surface area contributed by atoms with E-state index in [1.807, 2.05) is 0 Å². The third-order valence-electron chi connectivity index (χ3n) is 6.94. The van der Waals surface area contributed by atoms with Gasteiger partial charge in [-0.2, -0.15) is 0 Å². The first-order valence-corrected chi connectivity index (χ1v) is 13.3. The molecule has 2 saturated heterocycles. The van der Waals surface area contributed by atoms with Crippen LogP contribution in [0.15, 0.2) is 48.5 Å². The second-order valence-corrected chi connectivity index (χ2v) is 9.83. The lowest BCUT2D eigenvalue weighted by Crippen LogP contribution is -2.19. The van der Waals surface area contributed by atoms with Crippen LogP contribution in [0.1, 0.15) is 99.7 Å². The SMILES string of the molecule is CCCCCCc1ccc(C(OC(c2ccc(CCCCCC)cc2)C2CO2)C2CO2)cc1. The number of rotatable bonds is 16. The summed E-state index contributed by atoms with van der Waals surface area (Å²) in [6.07, 6.45) is 13.0. The molecule has 0 N–H and O–H groups in total. The monoisotopic (exact) mass is 450 g/mol. The summed E-state index contributed by atoms with van der Waals surface area (Å²) in [6, 6.07) is 18.1. The van der Waals surface area contributed by atoms with E-state index in [0.717, 1.165) is 26.1 Å². The summed E-state index contributed by atoms with van der Waals surface area (Å²) in [5.74, 6) is 0. The van der Waals surface area contributed by atoms with E-state index in [1.54, 1.807) is 0 Å². The van der Waals surface area contributed by atoms with Gasteiger partial charge in [-0.25, -0.2) is 0 Å². The lowest BCUT2D eigenvalue weighted by molar-refractivity contribution is -0.0419.